The average Bonchev–Trinajstić information content (AvgIpc) is 2.83. The van der Waals surface area contributed by atoms with Gasteiger partial charge in [-0.05, 0) is 45.1 Å². The van der Waals surface area contributed by atoms with Gasteiger partial charge in [0.25, 0.3) is 0 Å². The van der Waals surface area contributed by atoms with Crippen LogP contribution in [0.1, 0.15) is 53.0 Å². The van der Waals surface area contributed by atoms with Crippen molar-refractivity contribution >= 4 is 6.09 Å². The van der Waals surface area contributed by atoms with Crippen molar-refractivity contribution in [3.8, 4) is 0 Å². The van der Waals surface area contributed by atoms with Crippen LogP contribution < -0.4 is 5.32 Å². The van der Waals surface area contributed by atoms with E-state index in [1.807, 2.05) is 26.8 Å². The standard InChI is InChI=1S/C22H34N2O3/c1-15(2)19-22(14-24(19)13-16-9-7-6-8-10-16)11-17(18(25)12-22)23-20(26)27-21(3,4)5/h6-10,15,17-19,25H,11-14H2,1-5H3,(H,23,26)/t17-,18-,19?,22?/m0/s1. The molecule has 1 saturated heterocycles. The van der Waals surface area contributed by atoms with Gasteiger partial charge >= 0.3 is 6.09 Å². The average molecular weight is 375 g/mol. The molecule has 2 aliphatic rings. The Morgan fingerprint density at radius 2 is 1.96 bits per heavy atom. The number of rotatable bonds is 4. The van der Waals surface area contributed by atoms with Crippen molar-refractivity contribution in [2.45, 2.75) is 77.8 Å². The van der Waals surface area contributed by atoms with E-state index in [9.17, 15) is 9.90 Å². The predicted molar refractivity (Wildman–Crippen MR) is 106 cm³/mol. The Hall–Kier alpha value is -1.59. The molecule has 4 atom stereocenters. The van der Waals surface area contributed by atoms with Gasteiger partial charge in [0.2, 0.25) is 0 Å². The first-order valence-electron chi connectivity index (χ1n) is 10.1. The molecular formula is C22H34N2O3. The molecular weight excluding hydrogens is 340 g/mol. The van der Waals surface area contributed by atoms with Crippen LogP contribution in [0.3, 0.4) is 0 Å². The fraction of sp³-hybridized carbons (Fsp3) is 0.682. The van der Waals surface area contributed by atoms with E-state index in [0.717, 1.165) is 25.9 Å². The summed E-state index contributed by atoms with van der Waals surface area (Å²) >= 11 is 0. The second kappa shape index (κ2) is 7.44. The minimum Gasteiger partial charge on any atom is -0.444 e. The molecule has 1 amide bonds. The number of likely N-dealkylation sites (tertiary alicyclic amines) is 1. The first-order chi connectivity index (χ1) is 12.6. The molecule has 1 heterocycles. The van der Waals surface area contributed by atoms with Gasteiger partial charge < -0.3 is 15.2 Å². The summed E-state index contributed by atoms with van der Waals surface area (Å²) in [6.45, 7) is 12.0. The monoisotopic (exact) mass is 374 g/mol. The van der Waals surface area contributed by atoms with E-state index in [-0.39, 0.29) is 11.5 Å². The minimum atomic E-state index is -0.533. The van der Waals surface area contributed by atoms with Crippen molar-refractivity contribution in [3.05, 3.63) is 35.9 Å². The quantitative estimate of drug-likeness (QED) is 0.846. The third kappa shape index (κ3) is 4.46. The number of nitrogens with zero attached hydrogens (tertiary/aromatic N) is 1. The van der Waals surface area contributed by atoms with Gasteiger partial charge in [-0.2, -0.15) is 0 Å². The maximum atomic E-state index is 12.1. The number of benzene rings is 1. The SMILES string of the molecule is CC(C)C1N(Cc2ccccc2)CC12C[C@H](NC(=O)OC(C)(C)C)[C@@H](O)C2. The zero-order chi connectivity index (χ0) is 19.8. The van der Waals surface area contributed by atoms with E-state index in [1.165, 1.54) is 5.56 Å². The number of aliphatic hydroxyl groups excluding tert-OH is 1. The summed E-state index contributed by atoms with van der Waals surface area (Å²) in [5.41, 5.74) is 0.858. The smallest absolute Gasteiger partial charge is 0.407 e. The maximum Gasteiger partial charge on any atom is 0.407 e. The molecule has 5 nitrogen and oxygen atoms in total. The van der Waals surface area contributed by atoms with Crippen molar-refractivity contribution in [3.63, 3.8) is 0 Å². The Morgan fingerprint density at radius 1 is 1.30 bits per heavy atom. The third-order valence-electron chi connectivity index (χ3n) is 5.81. The lowest BCUT2D eigenvalue weighted by molar-refractivity contribution is -0.105. The molecule has 1 aromatic rings. The molecule has 2 unspecified atom stereocenters. The highest BCUT2D eigenvalue weighted by molar-refractivity contribution is 5.68. The largest absolute Gasteiger partial charge is 0.444 e. The Bertz CT molecular complexity index is 655. The molecule has 150 valence electrons. The van der Waals surface area contributed by atoms with Crippen LogP contribution in [0.25, 0.3) is 0 Å². The van der Waals surface area contributed by atoms with E-state index in [1.54, 1.807) is 0 Å². The summed E-state index contributed by atoms with van der Waals surface area (Å²) in [4.78, 5) is 14.7. The number of aliphatic hydroxyl groups is 1. The highest BCUT2D eigenvalue weighted by atomic mass is 16.6. The molecule has 1 aliphatic carbocycles. The van der Waals surface area contributed by atoms with Gasteiger partial charge in [-0.1, -0.05) is 44.2 Å². The van der Waals surface area contributed by atoms with Crippen LogP contribution in [0.4, 0.5) is 4.79 Å². The van der Waals surface area contributed by atoms with Crippen molar-refractivity contribution in [2.75, 3.05) is 6.54 Å². The highest BCUT2D eigenvalue weighted by Crippen LogP contribution is 2.53. The fourth-order valence-electron chi connectivity index (χ4n) is 5.16. The number of alkyl carbamates (subject to hydrolysis) is 1. The number of carbonyl (C=O) groups excluding carboxylic acids is 1. The minimum absolute atomic E-state index is 0.0715. The first-order valence-corrected chi connectivity index (χ1v) is 10.1. The molecule has 5 heteroatoms. The Morgan fingerprint density at radius 3 is 2.56 bits per heavy atom. The van der Waals surface area contributed by atoms with E-state index >= 15 is 0 Å². The number of hydrogen-bond donors (Lipinski definition) is 2. The zero-order valence-electron chi connectivity index (χ0n) is 17.2. The van der Waals surface area contributed by atoms with Gasteiger partial charge in [0.15, 0.2) is 0 Å². The van der Waals surface area contributed by atoms with Gasteiger partial charge in [-0.15, -0.1) is 0 Å². The summed E-state index contributed by atoms with van der Waals surface area (Å²) in [7, 11) is 0. The fourth-order valence-corrected chi connectivity index (χ4v) is 5.16. The molecule has 1 saturated carbocycles. The predicted octanol–water partition coefficient (Wildman–Crippen LogP) is 3.56. The maximum absolute atomic E-state index is 12.1. The third-order valence-corrected chi connectivity index (χ3v) is 5.81. The van der Waals surface area contributed by atoms with Crippen LogP contribution in [0.2, 0.25) is 0 Å². The molecule has 0 bridgehead atoms. The highest BCUT2D eigenvalue weighted by Gasteiger charge is 2.59. The molecule has 2 N–H and O–H groups in total. The molecule has 0 radical (unpaired) electrons. The molecule has 2 fully saturated rings. The van der Waals surface area contributed by atoms with Gasteiger partial charge in [-0.25, -0.2) is 4.79 Å². The summed E-state index contributed by atoms with van der Waals surface area (Å²) in [6, 6.07) is 10.7. The lowest BCUT2D eigenvalue weighted by Crippen LogP contribution is -2.65. The topological polar surface area (TPSA) is 61.8 Å². The molecule has 1 aliphatic heterocycles. The second-order valence-corrected chi connectivity index (χ2v) is 9.67. The molecule has 1 aromatic carbocycles. The summed E-state index contributed by atoms with van der Waals surface area (Å²) in [5, 5.41) is 13.5. The van der Waals surface area contributed by atoms with Gasteiger partial charge in [0.05, 0.1) is 12.1 Å². The van der Waals surface area contributed by atoms with Crippen LogP contribution in [-0.2, 0) is 11.3 Å². The molecule has 27 heavy (non-hydrogen) atoms. The van der Waals surface area contributed by atoms with E-state index in [4.69, 9.17) is 4.74 Å². The first kappa shape index (κ1) is 20.2. The van der Waals surface area contributed by atoms with Crippen LogP contribution >= 0.6 is 0 Å². The molecule has 0 aromatic heterocycles. The Labute approximate surface area is 163 Å². The molecule has 3 rings (SSSR count). The van der Waals surface area contributed by atoms with Gasteiger partial charge in [0.1, 0.15) is 5.60 Å². The van der Waals surface area contributed by atoms with Gasteiger partial charge in [-0.3, -0.25) is 4.90 Å². The lowest BCUT2D eigenvalue weighted by Gasteiger charge is -2.58. The Kier molecular flexibility index (Phi) is 5.55. The van der Waals surface area contributed by atoms with Crippen LogP contribution in [0.15, 0.2) is 30.3 Å². The van der Waals surface area contributed by atoms with E-state index in [2.05, 4.69) is 48.3 Å². The zero-order valence-corrected chi connectivity index (χ0v) is 17.2. The normalized spacial score (nSPS) is 31.1. The van der Waals surface area contributed by atoms with Crippen LogP contribution in [0, 0.1) is 11.3 Å². The van der Waals surface area contributed by atoms with Crippen LogP contribution in [-0.4, -0.2) is 46.4 Å². The number of carbonyl (C=O) groups is 1. The summed E-state index contributed by atoms with van der Waals surface area (Å²) < 4.78 is 5.37. The van der Waals surface area contributed by atoms with Crippen LogP contribution in [0.5, 0.6) is 0 Å². The number of ether oxygens (including phenoxy) is 1. The van der Waals surface area contributed by atoms with Crippen molar-refractivity contribution in [2.24, 2.45) is 11.3 Å². The van der Waals surface area contributed by atoms with E-state index < -0.39 is 17.8 Å². The van der Waals surface area contributed by atoms with Crippen molar-refractivity contribution < 1.29 is 14.6 Å². The van der Waals surface area contributed by atoms with Gasteiger partial charge in [0, 0.05) is 24.5 Å². The second-order valence-electron chi connectivity index (χ2n) is 9.67. The Balaban J connectivity index is 1.65. The number of hydrogen-bond acceptors (Lipinski definition) is 4. The lowest BCUT2D eigenvalue weighted by atomic mass is 9.65. The number of nitrogens with one attached hydrogen (secondary N) is 1. The molecule has 1 spiro atoms. The van der Waals surface area contributed by atoms with E-state index in [0.29, 0.717) is 12.0 Å². The van der Waals surface area contributed by atoms with Crippen molar-refractivity contribution in [1.29, 1.82) is 0 Å². The summed E-state index contributed by atoms with van der Waals surface area (Å²) in [5.74, 6) is 0.495. The summed E-state index contributed by atoms with van der Waals surface area (Å²) in [6.07, 6.45) is 0.589. The number of amides is 1. The van der Waals surface area contributed by atoms with Crippen molar-refractivity contribution in [1.82, 2.24) is 10.2 Å².